The van der Waals surface area contributed by atoms with Gasteiger partial charge in [0.05, 0.1) is 18.9 Å². The largest absolute Gasteiger partial charge is 0.390 e. The summed E-state index contributed by atoms with van der Waals surface area (Å²) in [6.07, 6.45) is -2.37. The molecule has 0 heterocycles. The summed E-state index contributed by atoms with van der Waals surface area (Å²) in [5.41, 5.74) is 0. The summed E-state index contributed by atoms with van der Waals surface area (Å²) in [5, 5.41) is 27.3. The van der Waals surface area contributed by atoms with Gasteiger partial charge in [-0.15, -0.1) is 0 Å². The Morgan fingerprint density at radius 2 is 1.73 bits per heavy atom. The monoisotopic (exact) mass is 164 g/mol. The van der Waals surface area contributed by atoms with E-state index in [0.29, 0.717) is 12.8 Å². The first-order valence-electron chi connectivity index (χ1n) is 3.77. The highest BCUT2D eigenvalue weighted by atomic mass is 19.1. The van der Waals surface area contributed by atoms with Gasteiger partial charge in [0.15, 0.2) is 0 Å². The van der Waals surface area contributed by atoms with Crippen molar-refractivity contribution in [3.8, 4) is 0 Å². The molecule has 0 amide bonds. The molecule has 0 spiro atoms. The average molecular weight is 164 g/mol. The Labute approximate surface area is 64.5 Å². The van der Waals surface area contributed by atoms with Crippen LogP contribution in [0, 0.1) is 5.92 Å². The summed E-state index contributed by atoms with van der Waals surface area (Å²) in [6, 6.07) is 0. The number of hydrogen-bond donors (Lipinski definition) is 3. The lowest BCUT2D eigenvalue weighted by Crippen LogP contribution is -2.46. The van der Waals surface area contributed by atoms with Gasteiger partial charge >= 0.3 is 0 Å². The minimum absolute atomic E-state index is 0.368. The Morgan fingerprint density at radius 3 is 2.27 bits per heavy atom. The molecule has 0 bridgehead atoms. The van der Waals surface area contributed by atoms with Gasteiger partial charge in [-0.05, 0) is 12.8 Å². The summed E-state index contributed by atoms with van der Waals surface area (Å²) < 4.78 is 12.1. The molecule has 4 heteroatoms. The number of halogens is 1. The van der Waals surface area contributed by atoms with Gasteiger partial charge in [0.2, 0.25) is 0 Å². The number of rotatable bonds is 1. The van der Waals surface area contributed by atoms with Gasteiger partial charge in [0.25, 0.3) is 0 Å². The van der Waals surface area contributed by atoms with E-state index >= 15 is 0 Å². The molecular weight excluding hydrogens is 151 g/mol. The van der Waals surface area contributed by atoms with E-state index in [1.165, 1.54) is 0 Å². The third-order valence-electron chi connectivity index (χ3n) is 2.26. The molecular formula is C7H13FO3. The average Bonchev–Trinajstić information content (AvgIpc) is 2.01. The molecule has 11 heavy (non-hydrogen) atoms. The summed E-state index contributed by atoms with van der Waals surface area (Å²) in [7, 11) is 0. The number of aliphatic hydroxyl groups excluding tert-OH is 3. The van der Waals surface area contributed by atoms with Crippen LogP contribution in [0.3, 0.4) is 0 Å². The van der Waals surface area contributed by atoms with Crippen LogP contribution in [0.25, 0.3) is 0 Å². The Hall–Kier alpha value is -0.190. The molecule has 66 valence electrons. The third-order valence-corrected chi connectivity index (χ3v) is 2.26. The molecule has 0 aromatic rings. The molecule has 1 aliphatic rings. The van der Waals surface area contributed by atoms with Crippen LogP contribution < -0.4 is 0 Å². The van der Waals surface area contributed by atoms with Crippen molar-refractivity contribution in [1.29, 1.82) is 0 Å². The Balaban J connectivity index is 2.52. The van der Waals surface area contributed by atoms with Crippen molar-refractivity contribution in [2.45, 2.75) is 31.2 Å². The van der Waals surface area contributed by atoms with E-state index in [2.05, 4.69) is 0 Å². The molecule has 4 atom stereocenters. The van der Waals surface area contributed by atoms with Gasteiger partial charge in [-0.3, -0.25) is 4.39 Å². The maximum atomic E-state index is 12.1. The molecule has 0 aromatic heterocycles. The second-order valence-corrected chi connectivity index (χ2v) is 3.04. The van der Waals surface area contributed by atoms with Crippen LogP contribution in [0.2, 0.25) is 0 Å². The van der Waals surface area contributed by atoms with Crippen molar-refractivity contribution < 1.29 is 19.7 Å². The molecule has 1 saturated carbocycles. The van der Waals surface area contributed by atoms with E-state index in [4.69, 9.17) is 15.3 Å². The van der Waals surface area contributed by atoms with Crippen LogP contribution in [0.5, 0.6) is 0 Å². The zero-order valence-corrected chi connectivity index (χ0v) is 6.15. The summed E-state index contributed by atoms with van der Waals surface area (Å²) in [4.78, 5) is 0. The zero-order valence-electron chi connectivity index (χ0n) is 6.15. The highest BCUT2D eigenvalue weighted by Crippen LogP contribution is 2.25. The van der Waals surface area contributed by atoms with Crippen LogP contribution in [0.4, 0.5) is 4.39 Å². The van der Waals surface area contributed by atoms with Crippen LogP contribution in [-0.2, 0) is 0 Å². The Morgan fingerprint density at radius 1 is 1.09 bits per heavy atom. The second-order valence-electron chi connectivity index (χ2n) is 3.04. The van der Waals surface area contributed by atoms with Crippen LogP contribution in [0.1, 0.15) is 12.8 Å². The van der Waals surface area contributed by atoms with E-state index in [9.17, 15) is 4.39 Å². The molecule has 0 radical (unpaired) electrons. The lowest BCUT2D eigenvalue weighted by molar-refractivity contribution is -0.113. The van der Waals surface area contributed by atoms with Crippen LogP contribution in [-0.4, -0.2) is 40.3 Å². The predicted molar refractivity (Wildman–Crippen MR) is 36.7 cm³/mol. The van der Waals surface area contributed by atoms with Gasteiger partial charge in [-0.2, -0.15) is 0 Å². The molecule has 0 aromatic carbocycles. The smallest absolute Gasteiger partial charge is 0.106 e. The minimum Gasteiger partial charge on any atom is -0.390 e. The maximum Gasteiger partial charge on any atom is 0.106 e. The minimum atomic E-state index is -1.18. The molecule has 3 N–H and O–H groups in total. The fourth-order valence-corrected chi connectivity index (χ4v) is 1.40. The maximum absolute atomic E-state index is 12.1. The normalized spacial score (nSPS) is 45.8. The van der Waals surface area contributed by atoms with Crippen molar-refractivity contribution in [2.24, 2.45) is 5.92 Å². The summed E-state index contributed by atoms with van der Waals surface area (Å²) >= 11 is 0. The Kier molecular flexibility index (Phi) is 2.81. The number of hydrogen-bond acceptors (Lipinski definition) is 3. The quantitative estimate of drug-likeness (QED) is 0.487. The highest BCUT2D eigenvalue weighted by molar-refractivity contribution is 4.86. The summed E-state index contributed by atoms with van der Waals surface area (Å²) in [6.45, 7) is -0.634. The lowest BCUT2D eigenvalue weighted by Gasteiger charge is -2.33. The fourth-order valence-electron chi connectivity index (χ4n) is 1.40. The zero-order chi connectivity index (χ0) is 8.43. The van der Waals surface area contributed by atoms with E-state index < -0.39 is 30.9 Å². The number of aliphatic hydroxyl groups is 3. The van der Waals surface area contributed by atoms with Crippen LogP contribution in [0.15, 0.2) is 0 Å². The van der Waals surface area contributed by atoms with Crippen LogP contribution >= 0.6 is 0 Å². The first kappa shape index (κ1) is 8.90. The molecule has 1 fully saturated rings. The molecule has 1 rings (SSSR count). The summed E-state index contributed by atoms with van der Waals surface area (Å²) in [5.74, 6) is -0.506. The van der Waals surface area contributed by atoms with E-state index in [1.54, 1.807) is 0 Å². The molecule has 3 nitrogen and oxygen atoms in total. The molecule has 0 saturated heterocycles. The molecule has 0 unspecified atom stereocenters. The highest BCUT2D eigenvalue weighted by Gasteiger charge is 2.36. The first-order valence-corrected chi connectivity index (χ1v) is 3.77. The topological polar surface area (TPSA) is 60.7 Å². The molecule has 0 aliphatic heterocycles. The standard InChI is InChI=1S/C7H13FO3/c8-3-4-1-2-5(9)7(11)6(4)10/h4-7,9-11H,1-3H2/t4-,5+,6-,7-/m1/s1. The first-order chi connectivity index (χ1) is 5.16. The van der Waals surface area contributed by atoms with E-state index in [-0.39, 0.29) is 0 Å². The Bertz CT molecular complexity index is 129. The van der Waals surface area contributed by atoms with E-state index in [1.807, 2.05) is 0 Å². The predicted octanol–water partition coefficient (Wildman–Crippen LogP) is -0.551. The van der Waals surface area contributed by atoms with Crippen molar-refractivity contribution in [3.05, 3.63) is 0 Å². The van der Waals surface area contributed by atoms with Crippen molar-refractivity contribution in [2.75, 3.05) is 6.67 Å². The van der Waals surface area contributed by atoms with Gasteiger partial charge in [-0.25, -0.2) is 0 Å². The molecule has 1 aliphatic carbocycles. The lowest BCUT2D eigenvalue weighted by atomic mass is 9.83. The van der Waals surface area contributed by atoms with Gasteiger partial charge in [0.1, 0.15) is 6.10 Å². The van der Waals surface area contributed by atoms with Gasteiger partial charge in [-0.1, -0.05) is 0 Å². The van der Waals surface area contributed by atoms with Gasteiger partial charge < -0.3 is 15.3 Å². The van der Waals surface area contributed by atoms with Crippen molar-refractivity contribution in [3.63, 3.8) is 0 Å². The third kappa shape index (κ3) is 1.69. The van der Waals surface area contributed by atoms with E-state index in [0.717, 1.165) is 0 Å². The fraction of sp³-hybridized carbons (Fsp3) is 1.00. The van der Waals surface area contributed by atoms with Crippen molar-refractivity contribution in [1.82, 2.24) is 0 Å². The SMILES string of the molecule is O[C@@H]1[C@@H](CF)CC[C@H](O)[C@H]1O. The number of alkyl halides is 1. The second kappa shape index (κ2) is 3.47. The van der Waals surface area contributed by atoms with Crippen molar-refractivity contribution >= 4 is 0 Å². The van der Waals surface area contributed by atoms with Gasteiger partial charge in [0, 0.05) is 5.92 Å².